The topological polar surface area (TPSA) is 168 Å². The zero-order chi connectivity index (χ0) is 24.0. The van der Waals surface area contributed by atoms with E-state index in [1.807, 2.05) is 30.3 Å². The molecule has 6 heterocycles. The second-order valence-electron chi connectivity index (χ2n) is 4.90. The Morgan fingerprint density at radius 3 is 1.06 bits per heavy atom. The van der Waals surface area contributed by atoms with E-state index in [-0.39, 0.29) is 0 Å². The predicted molar refractivity (Wildman–Crippen MR) is 119 cm³/mol. The van der Waals surface area contributed by atoms with Crippen molar-refractivity contribution in [2.45, 2.75) is 0 Å². The molecule has 0 bridgehead atoms. The molecule has 0 unspecified atom stereocenters. The lowest BCUT2D eigenvalue weighted by atomic mass is 10.5. The summed E-state index contributed by atoms with van der Waals surface area (Å²) in [5.41, 5.74) is 0. The first kappa shape index (κ1) is 26.7. The fraction of sp³-hybridized carbons (Fsp3) is 0. The van der Waals surface area contributed by atoms with Crippen LogP contribution in [0.15, 0.2) is 139 Å². The zero-order valence-corrected chi connectivity index (χ0v) is 17.9. The van der Waals surface area contributed by atoms with Gasteiger partial charge < -0.3 is 8.94 Å². The number of hydrogen-bond acceptors (Lipinski definition) is 13. The summed E-state index contributed by atoms with van der Waals surface area (Å²) >= 11 is 0. The minimum Gasteiger partial charge on any atom is -0.431 e. The molecule has 0 spiro atoms. The van der Waals surface area contributed by atoms with Crippen molar-refractivity contribution in [3.63, 3.8) is 0 Å². The first-order valence-electron chi connectivity index (χ1n) is 9.35. The SMILES string of the molecule is c1ccncc1.c1ccnnc1.c1cnccn1.c1cncnc1.c1ncon1.c1nnco1. The highest BCUT2D eigenvalue weighted by atomic mass is 16.5. The molecule has 6 aromatic heterocycles. The monoisotopic (exact) mass is 459 g/mol. The molecule has 0 aromatic carbocycles. The van der Waals surface area contributed by atoms with Crippen molar-refractivity contribution in [3.05, 3.63) is 130 Å². The van der Waals surface area contributed by atoms with Gasteiger partial charge in [0.25, 0.3) is 0 Å². The van der Waals surface area contributed by atoms with Gasteiger partial charge in [-0.05, 0) is 30.3 Å². The molecule has 13 heteroatoms. The highest BCUT2D eigenvalue weighted by Gasteiger charge is 1.62. The van der Waals surface area contributed by atoms with Gasteiger partial charge in [0.15, 0.2) is 6.33 Å². The number of nitrogens with zero attached hydrogens (tertiary/aromatic N) is 11. The molecule has 172 valence electrons. The maximum atomic E-state index is 4.36. The summed E-state index contributed by atoms with van der Waals surface area (Å²) in [6.07, 6.45) is 23.3. The molecule has 0 saturated carbocycles. The Balaban J connectivity index is 0.000000204. The van der Waals surface area contributed by atoms with Crippen molar-refractivity contribution >= 4 is 0 Å². The predicted octanol–water partition coefficient (Wildman–Crippen LogP) is 2.65. The van der Waals surface area contributed by atoms with Gasteiger partial charge in [-0.15, -0.1) is 10.2 Å². The minimum absolute atomic E-state index is 1.26. The average molecular weight is 459 g/mol. The van der Waals surface area contributed by atoms with Crippen LogP contribution in [0.2, 0.25) is 0 Å². The van der Waals surface area contributed by atoms with E-state index < -0.39 is 0 Å². The summed E-state index contributed by atoms with van der Waals surface area (Å²) in [6, 6.07) is 11.1. The number of hydrogen-bond donors (Lipinski definition) is 0. The van der Waals surface area contributed by atoms with Gasteiger partial charge in [-0.1, -0.05) is 11.2 Å². The highest BCUT2D eigenvalue weighted by molar-refractivity contribution is 4.88. The zero-order valence-electron chi connectivity index (χ0n) is 17.9. The van der Waals surface area contributed by atoms with Crippen LogP contribution in [0.3, 0.4) is 0 Å². The van der Waals surface area contributed by atoms with E-state index in [0.29, 0.717) is 0 Å². The number of aromatic nitrogens is 11. The summed E-state index contributed by atoms with van der Waals surface area (Å²) in [7, 11) is 0. The molecular weight excluding hydrogens is 438 g/mol. The van der Waals surface area contributed by atoms with Crippen LogP contribution in [0, 0.1) is 0 Å². The second-order valence-corrected chi connectivity index (χ2v) is 4.90. The van der Waals surface area contributed by atoms with Gasteiger partial charge in [0.2, 0.25) is 19.2 Å². The van der Waals surface area contributed by atoms with Gasteiger partial charge in [-0.3, -0.25) is 15.0 Å². The summed E-state index contributed by atoms with van der Waals surface area (Å²) in [6.45, 7) is 0. The lowest BCUT2D eigenvalue weighted by molar-refractivity contribution is 0.416. The normalized spacial score (nSPS) is 8.00. The molecule has 0 aliphatic heterocycles. The van der Waals surface area contributed by atoms with Crippen LogP contribution in [0.1, 0.15) is 0 Å². The number of rotatable bonds is 0. The molecule has 0 radical (unpaired) electrons. The lowest BCUT2D eigenvalue weighted by Crippen LogP contribution is -1.69. The molecular formula is C21H21N11O2. The van der Waals surface area contributed by atoms with E-state index in [9.17, 15) is 0 Å². The third-order valence-electron chi connectivity index (χ3n) is 2.57. The molecule has 6 aromatic rings. The Morgan fingerprint density at radius 1 is 0.353 bits per heavy atom. The minimum atomic E-state index is 1.26. The highest BCUT2D eigenvalue weighted by Crippen LogP contribution is 1.74. The van der Waals surface area contributed by atoms with E-state index in [4.69, 9.17) is 0 Å². The van der Waals surface area contributed by atoms with E-state index in [1.54, 1.807) is 68.0 Å². The van der Waals surface area contributed by atoms with Crippen molar-refractivity contribution in [1.29, 1.82) is 0 Å². The van der Waals surface area contributed by atoms with E-state index in [2.05, 4.69) is 64.4 Å². The molecule has 0 fully saturated rings. The Kier molecular flexibility index (Phi) is 18.8. The van der Waals surface area contributed by atoms with Crippen LogP contribution in [-0.4, -0.2) is 55.5 Å². The Morgan fingerprint density at radius 2 is 0.882 bits per heavy atom. The maximum absolute atomic E-state index is 4.36. The maximum Gasteiger partial charge on any atom is 0.213 e. The van der Waals surface area contributed by atoms with Crippen LogP contribution in [0.25, 0.3) is 0 Å². The second kappa shape index (κ2) is 23.9. The fourth-order valence-electron chi connectivity index (χ4n) is 1.34. The first-order chi connectivity index (χ1) is 17.0. The average Bonchev–Trinajstić information content (AvgIpc) is 3.74. The quantitative estimate of drug-likeness (QED) is 0.325. The molecule has 6 rings (SSSR count). The van der Waals surface area contributed by atoms with Crippen LogP contribution in [0.4, 0.5) is 0 Å². The summed E-state index contributed by atoms with van der Waals surface area (Å²) < 4.78 is 8.58. The largest absolute Gasteiger partial charge is 0.431 e. The number of pyridine rings is 1. The summed E-state index contributed by atoms with van der Waals surface area (Å²) in [5, 5.41) is 16.9. The van der Waals surface area contributed by atoms with E-state index >= 15 is 0 Å². The van der Waals surface area contributed by atoms with Gasteiger partial charge in [-0.25, -0.2) is 15.0 Å². The summed E-state index contributed by atoms with van der Waals surface area (Å²) in [5.74, 6) is 0. The fourth-order valence-corrected chi connectivity index (χ4v) is 1.34. The molecule has 0 amide bonds. The third kappa shape index (κ3) is 21.4. The van der Waals surface area contributed by atoms with Gasteiger partial charge in [-0.2, -0.15) is 10.2 Å². The molecule has 0 atom stereocenters. The summed E-state index contributed by atoms with van der Waals surface area (Å²) in [4.78, 5) is 22.0. The third-order valence-corrected chi connectivity index (χ3v) is 2.57. The molecule has 0 N–H and O–H groups in total. The van der Waals surface area contributed by atoms with Gasteiger partial charge >= 0.3 is 0 Å². The van der Waals surface area contributed by atoms with Crippen LogP contribution < -0.4 is 0 Å². The van der Waals surface area contributed by atoms with Crippen molar-refractivity contribution in [2.75, 3.05) is 0 Å². The van der Waals surface area contributed by atoms with E-state index in [1.165, 1.54) is 31.8 Å². The Labute approximate surface area is 195 Å². The Hall–Kier alpha value is -5.33. The van der Waals surface area contributed by atoms with Gasteiger partial charge in [0.1, 0.15) is 6.33 Å². The van der Waals surface area contributed by atoms with Crippen LogP contribution in [-0.2, 0) is 0 Å². The van der Waals surface area contributed by atoms with Crippen molar-refractivity contribution in [3.8, 4) is 0 Å². The van der Waals surface area contributed by atoms with Crippen molar-refractivity contribution in [2.24, 2.45) is 0 Å². The molecule has 13 nitrogen and oxygen atoms in total. The first-order valence-corrected chi connectivity index (χ1v) is 9.35. The molecule has 34 heavy (non-hydrogen) atoms. The smallest absolute Gasteiger partial charge is 0.213 e. The van der Waals surface area contributed by atoms with Gasteiger partial charge in [0.05, 0.1) is 0 Å². The van der Waals surface area contributed by atoms with Crippen molar-refractivity contribution in [1.82, 2.24) is 55.5 Å². The van der Waals surface area contributed by atoms with Crippen molar-refractivity contribution < 1.29 is 8.94 Å². The lowest BCUT2D eigenvalue weighted by Gasteiger charge is -1.70. The molecule has 0 saturated heterocycles. The van der Waals surface area contributed by atoms with Gasteiger partial charge in [0, 0.05) is 62.0 Å². The molecule has 0 aliphatic carbocycles. The van der Waals surface area contributed by atoms with E-state index in [0.717, 1.165) is 0 Å². The molecule has 0 aliphatic rings. The Bertz CT molecular complexity index is 750. The standard InChI is InChI=1S/C5H5N.3C4H4N2.2C2H2N2O/c1-2-4-6-5-3-1;1-2-6-4-3-5-1;1-2-5-4-6-3-1;1-2-4-6-5-3-1;1-3-4-2-5-1;1-3-2-5-4-1/h1-5H;3*1-4H;2*1-2H. The van der Waals surface area contributed by atoms with Crippen LogP contribution in [0.5, 0.6) is 0 Å². The van der Waals surface area contributed by atoms with Crippen LogP contribution >= 0.6 is 0 Å².